The molecule has 4 aromatic carbocycles. The van der Waals surface area contributed by atoms with E-state index in [1.54, 1.807) is 121 Å². The minimum absolute atomic E-state index is 0.0691. The number of anilines is 4. The lowest BCUT2D eigenvalue weighted by molar-refractivity contribution is -0.0691. The summed E-state index contributed by atoms with van der Waals surface area (Å²) in [6.45, 7) is 0. The Labute approximate surface area is 273 Å². The molecule has 2 aliphatic carbocycles. The number of hydrogen-bond donors (Lipinski definition) is 4. The molecule has 0 heterocycles. The van der Waals surface area contributed by atoms with Crippen LogP contribution in [0, 0.1) is 0 Å². The highest BCUT2D eigenvalue weighted by Crippen LogP contribution is 2.37. The van der Waals surface area contributed by atoms with Crippen molar-refractivity contribution in [1.29, 1.82) is 0 Å². The Kier molecular flexibility index (Phi) is 8.31. The van der Waals surface area contributed by atoms with E-state index in [9.17, 15) is 8.42 Å². The highest BCUT2D eigenvalue weighted by molar-refractivity contribution is 7.99. The predicted octanol–water partition coefficient (Wildman–Crippen LogP) is 6.13. The van der Waals surface area contributed by atoms with E-state index < -0.39 is 21.4 Å². The van der Waals surface area contributed by atoms with Gasteiger partial charge in [0.15, 0.2) is 0 Å². The molecule has 0 saturated heterocycles. The van der Waals surface area contributed by atoms with Gasteiger partial charge in [-0.25, -0.2) is 8.42 Å². The first-order valence-electron chi connectivity index (χ1n) is 14.7. The fraction of sp³-hybridized carbons (Fsp3) is 0.111. The minimum Gasteiger partial charge on any atom is -0.448 e. The van der Waals surface area contributed by atoms with E-state index in [2.05, 4.69) is 0 Å². The molecule has 0 aromatic heterocycles. The molecule has 0 fully saturated rings. The van der Waals surface area contributed by atoms with Gasteiger partial charge in [0.2, 0.25) is 9.84 Å². The largest absolute Gasteiger partial charge is 0.448 e. The summed E-state index contributed by atoms with van der Waals surface area (Å²) in [5.74, 6) is -0.937. The van der Waals surface area contributed by atoms with Crippen molar-refractivity contribution in [2.75, 3.05) is 22.9 Å². The van der Waals surface area contributed by atoms with Crippen LogP contribution in [0.4, 0.5) is 22.7 Å². The third-order valence-electron chi connectivity index (χ3n) is 7.39. The van der Waals surface area contributed by atoms with Gasteiger partial charge in [-0.1, -0.05) is 36.4 Å². The summed E-state index contributed by atoms with van der Waals surface area (Å²) in [4.78, 5) is 0.162. The lowest BCUT2D eigenvalue weighted by atomic mass is 10.1. The molecule has 4 aromatic rings. The van der Waals surface area contributed by atoms with Crippen molar-refractivity contribution in [2.45, 2.75) is 24.4 Å². The van der Waals surface area contributed by atoms with Crippen LogP contribution < -0.4 is 41.9 Å². The molecule has 0 radical (unpaired) electrons. The molecular weight excluding hydrogens is 616 g/mol. The minimum atomic E-state index is -3.96. The van der Waals surface area contributed by atoms with Crippen molar-refractivity contribution in [2.24, 2.45) is 0 Å². The van der Waals surface area contributed by atoms with Gasteiger partial charge in [0.25, 0.3) is 11.6 Å². The number of hydrogen-bond acceptors (Lipinski definition) is 10. The lowest BCUT2D eigenvalue weighted by Crippen LogP contribution is -2.42. The van der Waals surface area contributed by atoms with Gasteiger partial charge in [0, 0.05) is 72.0 Å². The van der Waals surface area contributed by atoms with E-state index in [-0.39, 0.29) is 22.7 Å². The Morgan fingerprint density at radius 1 is 0.489 bits per heavy atom. The van der Waals surface area contributed by atoms with Crippen LogP contribution in [-0.4, -0.2) is 20.0 Å². The third kappa shape index (κ3) is 7.21. The number of nitrogen functional groups attached to an aromatic ring is 4. The Hall–Kier alpha value is -5.81. The van der Waals surface area contributed by atoms with Crippen LogP contribution >= 0.6 is 0 Å². The van der Waals surface area contributed by atoms with Crippen molar-refractivity contribution >= 4 is 32.6 Å². The first-order chi connectivity index (χ1) is 22.5. The molecule has 0 unspecified atom stereocenters. The first-order valence-corrected chi connectivity index (χ1v) is 16.2. The molecule has 10 nitrogen and oxygen atoms in total. The van der Waals surface area contributed by atoms with Crippen molar-refractivity contribution in [3.05, 3.63) is 143 Å². The molecule has 0 spiro atoms. The Morgan fingerprint density at radius 2 is 0.787 bits per heavy atom. The van der Waals surface area contributed by atoms with Crippen molar-refractivity contribution in [3.8, 4) is 23.0 Å². The number of nitrogens with two attached hydrogens (primary N) is 4. The standard InChI is InChI=1S/C36H34N4O6S/c37-25-5-1-9-29(21-25)43-35(44-30-10-2-6-26(38)22-30)17-13-33(14-18-35)47(41,42)34-15-19-36(20-16-34,45-31-11-3-7-27(39)23-31)46-32-12-4-8-28(40)24-32/h1-17,19,21-24H,18,20,37-40H2. The molecule has 0 saturated carbocycles. The van der Waals surface area contributed by atoms with Gasteiger partial charge in [-0.15, -0.1) is 0 Å². The molecular formula is C36H34N4O6S. The molecule has 0 atom stereocenters. The van der Waals surface area contributed by atoms with E-state index in [4.69, 9.17) is 41.9 Å². The molecule has 0 amide bonds. The summed E-state index contributed by atoms with van der Waals surface area (Å²) < 4.78 is 52.9. The maximum atomic E-state index is 13.9. The monoisotopic (exact) mass is 650 g/mol. The van der Waals surface area contributed by atoms with Crippen molar-refractivity contribution in [1.82, 2.24) is 0 Å². The van der Waals surface area contributed by atoms with Crippen LogP contribution in [0.1, 0.15) is 12.8 Å². The first kappa shape index (κ1) is 31.2. The van der Waals surface area contributed by atoms with Crippen LogP contribution in [0.15, 0.2) is 143 Å². The van der Waals surface area contributed by atoms with E-state index in [0.717, 1.165) is 0 Å². The molecule has 0 bridgehead atoms. The van der Waals surface area contributed by atoms with Gasteiger partial charge in [-0.05, 0) is 60.7 Å². The van der Waals surface area contributed by atoms with Gasteiger partial charge in [-0.3, -0.25) is 0 Å². The van der Waals surface area contributed by atoms with Gasteiger partial charge in [0.1, 0.15) is 23.0 Å². The molecule has 2 aliphatic rings. The summed E-state index contributed by atoms with van der Waals surface area (Å²) in [5, 5.41) is 0. The summed E-state index contributed by atoms with van der Waals surface area (Å²) in [6, 6.07) is 27.6. The van der Waals surface area contributed by atoms with Crippen LogP contribution in [-0.2, 0) is 9.84 Å². The smallest absolute Gasteiger partial charge is 0.274 e. The van der Waals surface area contributed by atoms with Gasteiger partial charge < -0.3 is 41.9 Å². The van der Waals surface area contributed by atoms with Crippen LogP contribution in [0.3, 0.4) is 0 Å². The number of ether oxygens (including phenoxy) is 4. The molecule has 6 rings (SSSR count). The zero-order valence-electron chi connectivity index (χ0n) is 25.3. The van der Waals surface area contributed by atoms with E-state index >= 15 is 0 Å². The average Bonchev–Trinajstić information content (AvgIpc) is 3.01. The van der Waals surface area contributed by atoms with Crippen molar-refractivity contribution in [3.63, 3.8) is 0 Å². The number of sulfone groups is 1. The van der Waals surface area contributed by atoms with Gasteiger partial charge >= 0.3 is 0 Å². The Balaban J connectivity index is 1.26. The SMILES string of the molecule is Nc1cccc(OC2(Oc3cccc(N)c3)C=CC(S(=O)(=O)C3=CCC(Oc4cccc(N)c4)(Oc4cccc(N)c4)C=C3)=CC2)c1. The van der Waals surface area contributed by atoms with E-state index in [0.29, 0.717) is 45.7 Å². The topological polar surface area (TPSA) is 175 Å². The van der Waals surface area contributed by atoms with Crippen molar-refractivity contribution < 1.29 is 27.4 Å². The molecule has 0 aliphatic heterocycles. The van der Waals surface area contributed by atoms with E-state index in [1.807, 2.05) is 0 Å². The second kappa shape index (κ2) is 12.5. The zero-order chi connectivity index (χ0) is 33.1. The fourth-order valence-corrected chi connectivity index (χ4v) is 6.54. The highest BCUT2D eigenvalue weighted by Gasteiger charge is 2.39. The number of benzene rings is 4. The van der Waals surface area contributed by atoms with E-state index in [1.165, 1.54) is 12.2 Å². The third-order valence-corrected chi connectivity index (χ3v) is 9.24. The zero-order valence-corrected chi connectivity index (χ0v) is 26.1. The normalized spacial score (nSPS) is 16.4. The molecule has 240 valence electrons. The average molecular weight is 651 g/mol. The van der Waals surface area contributed by atoms with Crippen LogP contribution in [0.25, 0.3) is 0 Å². The Morgan fingerprint density at radius 3 is 1.02 bits per heavy atom. The van der Waals surface area contributed by atoms with Gasteiger partial charge in [0.05, 0.1) is 9.81 Å². The maximum absolute atomic E-state index is 13.9. The maximum Gasteiger partial charge on any atom is 0.274 e. The fourth-order valence-electron chi connectivity index (χ4n) is 5.17. The van der Waals surface area contributed by atoms with Crippen LogP contribution in [0.5, 0.6) is 23.0 Å². The van der Waals surface area contributed by atoms with Gasteiger partial charge in [-0.2, -0.15) is 0 Å². The molecule has 11 heteroatoms. The summed E-state index contributed by atoms with van der Waals surface area (Å²) >= 11 is 0. The summed E-state index contributed by atoms with van der Waals surface area (Å²) in [5.41, 5.74) is 25.9. The molecule has 8 N–H and O–H groups in total. The quantitative estimate of drug-likeness (QED) is 0.115. The lowest BCUT2D eigenvalue weighted by Gasteiger charge is -2.34. The number of allylic oxidation sites excluding steroid dienone is 2. The summed E-state index contributed by atoms with van der Waals surface area (Å²) in [6.07, 6.45) is 9.37. The predicted molar refractivity (Wildman–Crippen MR) is 184 cm³/mol. The second-order valence-electron chi connectivity index (χ2n) is 11.1. The number of rotatable bonds is 10. The van der Waals surface area contributed by atoms with Crippen LogP contribution in [0.2, 0.25) is 0 Å². The highest BCUT2D eigenvalue weighted by atomic mass is 32.2. The molecule has 47 heavy (non-hydrogen) atoms. The second-order valence-corrected chi connectivity index (χ2v) is 13.1. The summed E-state index contributed by atoms with van der Waals surface area (Å²) in [7, 11) is -3.96. The Bertz CT molecular complexity index is 1800.